The number of carbonyl (C=O) groups excluding carboxylic acids is 1. The molecule has 10 nitrogen and oxygen atoms in total. The summed E-state index contributed by atoms with van der Waals surface area (Å²) in [7, 11) is 1.25. The highest BCUT2D eigenvalue weighted by atomic mass is 16.5. The van der Waals surface area contributed by atoms with Crippen LogP contribution in [0.1, 0.15) is 21.9 Å². The van der Waals surface area contributed by atoms with E-state index in [-0.39, 0.29) is 35.8 Å². The van der Waals surface area contributed by atoms with Gasteiger partial charge in [0.15, 0.2) is 16.9 Å². The lowest BCUT2D eigenvalue weighted by atomic mass is 10.2. The van der Waals surface area contributed by atoms with Gasteiger partial charge < -0.3 is 13.7 Å². The number of aromatic nitrogens is 5. The molecule has 3 heterocycles. The topological polar surface area (TPSA) is 114 Å². The molecule has 34 heavy (non-hydrogen) atoms. The average molecular weight is 457 g/mol. The second kappa shape index (κ2) is 8.66. The van der Waals surface area contributed by atoms with Crippen molar-refractivity contribution in [2.45, 2.75) is 13.1 Å². The molecule has 0 aliphatic carbocycles. The summed E-state index contributed by atoms with van der Waals surface area (Å²) in [5.41, 5.74) is 0.832. The zero-order valence-corrected chi connectivity index (χ0v) is 18.1. The van der Waals surface area contributed by atoms with Crippen molar-refractivity contribution >= 4 is 17.1 Å². The Kier molecular flexibility index (Phi) is 5.38. The quantitative estimate of drug-likeness (QED) is 0.359. The first-order valence-corrected chi connectivity index (χ1v) is 10.4. The van der Waals surface area contributed by atoms with Gasteiger partial charge in [-0.15, -0.1) is 0 Å². The number of hydrogen-bond acceptors (Lipinski definition) is 7. The molecule has 0 radical (unpaired) electrons. The third-order valence-electron chi connectivity index (χ3n) is 5.35. The first-order valence-electron chi connectivity index (χ1n) is 10.4. The largest absolute Gasteiger partial charge is 0.464 e. The minimum absolute atomic E-state index is 0.0182. The predicted molar refractivity (Wildman–Crippen MR) is 122 cm³/mol. The number of fused-ring (bicyclic) bond motifs is 1. The standard InChI is InChI=1S/C24H19N5O5/c1-33-23(31)18-14-34-19(26-18)13-27-15-25-21-20(27)22(30)28(12-16-8-4-2-5-9-16)24(32)29(21)17-10-6-3-7-11-17/h2-11,14-15H,12-13H2,1H3. The molecule has 0 aliphatic rings. The first-order chi connectivity index (χ1) is 16.6. The van der Waals surface area contributed by atoms with Crippen LogP contribution in [0, 0.1) is 0 Å². The number of oxazole rings is 1. The molecule has 0 spiro atoms. The molecule has 0 bridgehead atoms. The summed E-state index contributed by atoms with van der Waals surface area (Å²) in [4.78, 5) is 47.2. The molecule has 0 amide bonds. The van der Waals surface area contributed by atoms with Gasteiger partial charge >= 0.3 is 11.7 Å². The van der Waals surface area contributed by atoms with Crippen molar-refractivity contribution in [3.8, 4) is 5.69 Å². The first kappa shape index (κ1) is 21.1. The van der Waals surface area contributed by atoms with Crippen molar-refractivity contribution in [1.29, 1.82) is 0 Å². The van der Waals surface area contributed by atoms with Crippen LogP contribution in [-0.2, 0) is 17.8 Å². The Morgan fingerprint density at radius 3 is 2.41 bits per heavy atom. The molecule has 10 heteroatoms. The summed E-state index contributed by atoms with van der Waals surface area (Å²) in [5.74, 6) is -0.445. The van der Waals surface area contributed by atoms with E-state index in [1.807, 2.05) is 36.4 Å². The predicted octanol–water partition coefficient (Wildman–Crippen LogP) is 2.22. The molecule has 0 atom stereocenters. The monoisotopic (exact) mass is 457 g/mol. The maximum Gasteiger partial charge on any atom is 0.360 e. The second-order valence-corrected chi connectivity index (χ2v) is 7.49. The Hall–Kier alpha value is -4.73. The van der Waals surface area contributed by atoms with Crippen molar-refractivity contribution in [3.05, 3.63) is 111 Å². The lowest BCUT2D eigenvalue weighted by Gasteiger charge is -2.12. The number of benzene rings is 2. The number of rotatable bonds is 6. The van der Waals surface area contributed by atoms with Crippen LogP contribution >= 0.6 is 0 Å². The Bertz CT molecular complexity index is 1600. The molecule has 170 valence electrons. The molecular weight excluding hydrogens is 438 g/mol. The summed E-state index contributed by atoms with van der Waals surface area (Å²) in [6.45, 7) is 0.124. The Morgan fingerprint density at radius 2 is 1.71 bits per heavy atom. The van der Waals surface area contributed by atoms with E-state index in [2.05, 4.69) is 14.7 Å². The van der Waals surface area contributed by atoms with Gasteiger partial charge in [-0.1, -0.05) is 48.5 Å². The fraction of sp³-hybridized carbons (Fsp3) is 0.125. The van der Waals surface area contributed by atoms with E-state index in [1.54, 1.807) is 28.8 Å². The second-order valence-electron chi connectivity index (χ2n) is 7.49. The molecule has 2 aromatic carbocycles. The van der Waals surface area contributed by atoms with Gasteiger partial charge in [0.1, 0.15) is 12.8 Å². The number of imidazole rings is 1. The van der Waals surface area contributed by atoms with Crippen molar-refractivity contribution in [2.24, 2.45) is 0 Å². The van der Waals surface area contributed by atoms with E-state index in [0.717, 1.165) is 5.56 Å². The van der Waals surface area contributed by atoms with Crippen LogP contribution < -0.4 is 11.2 Å². The number of para-hydroxylation sites is 1. The molecular formula is C24H19N5O5. The van der Waals surface area contributed by atoms with E-state index in [9.17, 15) is 14.4 Å². The number of esters is 1. The van der Waals surface area contributed by atoms with Crippen LogP contribution in [0.15, 0.2) is 87.3 Å². The van der Waals surface area contributed by atoms with Gasteiger partial charge in [-0.05, 0) is 17.7 Å². The van der Waals surface area contributed by atoms with Gasteiger partial charge in [-0.2, -0.15) is 0 Å². The van der Waals surface area contributed by atoms with Gasteiger partial charge in [0.05, 0.1) is 25.7 Å². The van der Waals surface area contributed by atoms with Crippen molar-refractivity contribution in [3.63, 3.8) is 0 Å². The van der Waals surface area contributed by atoms with Crippen LogP contribution in [0.3, 0.4) is 0 Å². The van der Waals surface area contributed by atoms with Crippen molar-refractivity contribution in [1.82, 2.24) is 23.7 Å². The van der Waals surface area contributed by atoms with E-state index in [1.165, 1.54) is 28.8 Å². The van der Waals surface area contributed by atoms with E-state index >= 15 is 0 Å². The number of carbonyl (C=O) groups is 1. The van der Waals surface area contributed by atoms with Crippen LogP contribution in [0.2, 0.25) is 0 Å². The lowest BCUT2D eigenvalue weighted by Crippen LogP contribution is -2.40. The number of methoxy groups -OCH3 is 1. The number of nitrogens with zero attached hydrogens (tertiary/aromatic N) is 5. The zero-order chi connectivity index (χ0) is 23.7. The highest BCUT2D eigenvalue weighted by molar-refractivity contribution is 5.86. The Balaban J connectivity index is 1.69. The molecule has 0 saturated heterocycles. The smallest absolute Gasteiger partial charge is 0.360 e. The molecule has 3 aromatic heterocycles. The van der Waals surface area contributed by atoms with Crippen LogP contribution in [0.25, 0.3) is 16.9 Å². The number of ether oxygens (including phenoxy) is 1. The Morgan fingerprint density at radius 1 is 1.00 bits per heavy atom. The van der Waals surface area contributed by atoms with Gasteiger partial charge in [-0.3, -0.25) is 9.36 Å². The molecule has 0 N–H and O–H groups in total. The summed E-state index contributed by atoms with van der Waals surface area (Å²) in [6, 6.07) is 18.2. The van der Waals surface area contributed by atoms with Crippen molar-refractivity contribution in [2.75, 3.05) is 7.11 Å². The molecule has 5 rings (SSSR count). The molecule has 0 fully saturated rings. The highest BCUT2D eigenvalue weighted by Gasteiger charge is 2.21. The van der Waals surface area contributed by atoms with E-state index in [0.29, 0.717) is 5.69 Å². The van der Waals surface area contributed by atoms with Gasteiger partial charge in [0.2, 0.25) is 5.89 Å². The third kappa shape index (κ3) is 3.71. The number of hydrogen-bond donors (Lipinski definition) is 0. The average Bonchev–Trinajstić information content (AvgIpc) is 3.50. The lowest BCUT2D eigenvalue weighted by molar-refractivity contribution is 0.0594. The van der Waals surface area contributed by atoms with Gasteiger partial charge in [-0.25, -0.2) is 24.1 Å². The fourth-order valence-corrected chi connectivity index (χ4v) is 3.74. The summed E-state index contributed by atoms with van der Waals surface area (Å²) in [6.07, 6.45) is 2.63. The normalized spacial score (nSPS) is 11.1. The maximum atomic E-state index is 13.5. The SMILES string of the molecule is COC(=O)c1coc(Cn2cnc3c2c(=O)n(Cc2ccccc2)c(=O)n3-c2ccccc2)n1. The highest BCUT2D eigenvalue weighted by Crippen LogP contribution is 2.15. The molecule has 0 aliphatic heterocycles. The van der Waals surface area contributed by atoms with Crippen molar-refractivity contribution < 1.29 is 13.9 Å². The minimum atomic E-state index is -0.631. The van der Waals surface area contributed by atoms with Gasteiger partial charge in [0, 0.05) is 0 Å². The molecule has 0 unspecified atom stereocenters. The fourth-order valence-electron chi connectivity index (χ4n) is 3.74. The summed E-state index contributed by atoms with van der Waals surface area (Å²) in [5, 5.41) is 0. The minimum Gasteiger partial charge on any atom is -0.464 e. The van der Waals surface area contributed by atoms with Gasteiger partial charge in [0.25, 0.3) is 5.56 Å². The van der Waals surface area contributed by atoms with E-state index < -0.39 is 17.2 Å². The Labute approximate surface area is 192 Å². The van der Waals surface area contributed by atoms with Crippen LogP contribution in [0.5, 0.6) is 0 Å². The zero-order valence-electron chi connectivity index (χ0n) is 18.1. The van der Waals surface area contributed by atoms with Crippen LogP contribution in [0.4, 0.5) is 0 Å². The molecule has 0 saturated carbocycles. The third-order valence-corrected chi connectivity index (χ3v) is 5.35. The summed E-state index contributed by atoms with van der Waals surface area (Å²) >= 11 is 0. The molecule has 5 aromatic rings. The van der Waals surface area contributed by atoms with Crippen LogP contribution in [-0.4, -0.2) is 36.7 Å². The summed E-state index contributed by atoms with van der Waals surface area (Å²) < 4.78 is 14.2. The van der Waals surface area contributed by atoms with E-state index in [4.69, 9.17) is 4.42 Å². The maximum absolute atomic E-state index is 13.5.